The molecule has 0 fully saturated rings. The summed E-state index contributed by atoms with van der Waals surface area (Å²) in [6.45, 7) is 3.54. The number of hydrogen-bond acceptors (Lipinski definition) is 5. The van der Waals surface area contributed by atoms with E-state index < -0.39 is 0 Å². The molecule has 1 heterocycles. The van der Waals surface area contributed by atoms with Gasteiger partial charge in [-0.05, 0) is 30.9 Å². The Balaban J connectivity index is 2.20. The van der Waals surface area contributed by atoms with Crippen LogP contribution in [-0.2, 0) is 4.74 Å². The summed E-state index contributed by atoms with van der Waals surface area (Å²) < 4.78 is 5.12. The number of hydrogen-bond donors (Lipinski definition) is 1. The predicted molar refractivity (Wildman–Crippen MR) is 86.8 cm³/mol. The van der Waals surface area contributed by atoms with Gasteiger partial charge in [-0.3, -0.25) is 0 Å². The van der Waals surface area contributed by atoms with E-state index in [0.717, 1.165) is 17.2 Å². The Kier molecular flexibility index (Phi) is 6.04. The standard InChI is InChI=1S/C15H20N2OS2/c1-11-10-20-15(17-11)14(16-8-9-18-2)12-4-6-13(19-3)7-5-12/h4-7,10,14,16H,8-9H2,1-3H3. The van der Waals surface area contributed by atoms with Crippen LogP contribution in [0.15, 0.2) is 34.5 Å². The molecule has 3 nitrogen and oxygen atoms in total. The maximum absolute atomic E-state index is 5.12. The highest BCUT2D eigenvalue weighted by Gasteiger charge is 2.16. The molecular weight excluding hydrogens is 288 g/mol. The Bertz CT molecular complexity index is 525. The van der Waals surface area contributed by atoms with Crippen molar-refractivity contribution < 1.29 is 4.74 Å². The summed E-state index contributed by atoms with van der Waals surface area (Å²) in [6, 6.07) is 8.80. The van der Waals surface area contributed by atoms with Crippen molar-refractivity contribution >= 4 is 23.1 Å². The highest BCUT2D eigenvalue weighted by molar-refractivity contribution is 7.98. The molecule has 0 aliphatic heterocycles. The number of methoxy groups -OCH3 is 1. The van der Waals surface area contributed by atoms with E-state index in [4.69, 9.17) is 4.74 Å². The summed E-state index contributed by atoms with van der Waals surface area (Å²) in [5, 5.41) is 6.72. The third-order valence-electron chi connectivity index (χ3n) is 2.99. The number of rotatable bonds is 7. The number of benzene rings is 1. The summed E-state index contributed by atoms with van der Waals surface area (Å²) in [6.07, 6.45) is 2.09. The minimum absolute atomic E-state index is 0.139. The third-order valence-corrected chi connectivity index (χ3v) is 4.76. The van der Waals surface area contributed by atoms with Crippen molar-refractivity contribution in [3.05, 3.63) is 45.9 Å². The van der Waals surface area contributed by atoms with Gasteiger partial charge in [0.2, 0.25) is 0 Å². The third kappa shape index (κ3) is 4.06. The molecule has 0 aliphatic rings. The Labute approximate surface area is 128 Å². The Hall–Kier alpha value is -0.880. The van der Waals surface area contributed by atoms with Gasteiger partial charge in [-0.15, -0.1) is 23.1 Å². The Morgan fingerprint density at radius 2 is 2.10 bits per heavy atom. The highest BCUT2D eigenvalue weighted by Crippen LogP contribution is 2.26. The molecule has 0 saturated heterocycles. The molecule has 1 N–H and O–H groups in total. The van der Waals surface area contributed by atoms with Crippen LogP contribution < -0.4 is 5.32 Å². The van der Waals surface area contributed by atoms with Crippen LogP contribution in [-0.4, -0.2) is 31.5 Å². The molecule has 0 bridgehead atoms. The molecule has 2 rings (SSSR count). The zero-order valence-corrected chi connectivity index (χ0v) is 13.7. The molecule has 1 unspecified atom stereocenters. The first-order valence-electron chi connectivity index (χ1n) is 6.53. The first kappa shape index (κ1) is 15.5. The van der Waals surface area contributed by atoms with E-state index in [0.29, 0.717) is 6.61 Å². The van der Waals surface area contributed by atoms with E-state index in [1.807, 2.05) is 6.92 Å². The zero-order chi connectivity index (χ0) is 14.4. The van der Waals surface area contributed by atoms with Gasteiger partial charge < -0.3 is 10.1 Å². The largest absolute Gasteiger partial charge is 0.383 e. The molecule has 0 radical (unpaired) electrons. The quantitative estimate of drug-likeness (QED) is 0.627. The van der Waals surface area contributed by atoms with Gasteiger partial charge in [0.05, 0.1) is 12.6 Å². The fourth-order valence-electron chi connectivity index (χ4n) is 1.95. The number of aromatic nitrogens is 1. The maximum atomic E-state index is 5.12. The Morgan fingerprint density at radius 1 is 1.35 bits per heavy atom. The summed E-state index contributed by atoms with van der Waals surface area (Å²) in [7, 11) is 1.72. The fourth-order valence-corrected chi connectivity index (χ4v) is 3.26. The number of thioether (sulfide) groups is 1. The monoisotopic (exact) mass is 308 g/mol. The molecule has 5 heteroatoms. The van der Waals surface area contributed by atoms with Crippen molar-refractivity contribution in [2.45, 2.75) is 17.9 Å². The molecule has 1 aromatic heterocycles. The molecule has 0 saturated carbocycles. The van der Waals surface area contributed by atoms with Gasteiger partial charge in [-0.1, -0.05) is 12.1 Å². The van der Waals surface area contributed by atoms with Crippen molar-refractivity contribution in [3.63, 3.8) is 0 Å². The second kappa shape index (κ2) is 7.78. The summed E-state index contributed by atoms with van der Waals surface area (Å²) in [5.74, 6) is 0. The minimum Gasteiger partial charge on any atom is -0.383 e. The first-order chi connectivity index (χ1) is 9.74. The van der Waals surface area contributed by atoms with Gasteiger partial charge in [-0.2, -0.15) is 0 Å². The Morgan fingerprint density at radius 3 is 2.65 bits per heavy atom. The van der Waals surface area contributed by atoms with E-state index in [2.05, 4.69) is 46.2 Å². The van der Waals surface area contributed by atoms with Crippen LogP contribution in [0, 0.1) is 6.92 Å². The van der Waals surface area contributed by atoms with Crippen LogP contribution in [0.1, 0.15) is 22.3 Å². The lowest BCUT2D eigenvalue weighted by Crippen LogP contribution is -2.25. The van der Waals surface area contributed by atoms with Gasteiger partial charge in [0.1, 0.15) is 5.01 Å². The molecule has 1 aromatic carbocycles. The number of nitrogens with one attached hydrogen (secondary N) is 1. The molecule has 20 heavy (non-hydrogen) atoms. The molecule has 108 valence electrons. The summed E-state index contributed by atoms with van der Waals surface area (Å²) >= 11 is 3.46. The first-order valence-corrected chi connectivity index (χ1v) is 8.63. The van der Waals surface area contributed by atoms with Crippen LogP contribution >= 0.6 is 23.1 Å². The normalized spacial score (nSPS) is 12.6. The van der Waals surface area contributed by atoms with Crippen LogP contribution in [0.4, 0.5) is 0 Å². The number of ether oxygens (including phenoxy) is 1. The lowest BCUT2D eigenvalue weighted by Gasteiger charge is -2.17. The minimum atomic E-state index is 0.139. The number of nitrogens with zero attached hydrogens (tertiary/aromatic N) is 1. The smallest absolute Gasteiger partial charge is 0.114 e. The zero-order valence-electron chi connectivity index (χ0n) is 12.1. The van der Waals surface area contributed by atoms with Gasteiger partial charge in [0.15, 0.2) is 0 Å². The second-order valence-electron chi connectivity index (χ2n) is 4.48. The highest BCUT2D eigenvalue weighted by atomic mass is 32.2. The molecule has 0 spiro atoms. The average Bonchev–Trinajstić information content (AvgIpc) is 2.90. The fraction of sp³-hybridized carbons (Fsp3) is 0.400. The number of thiazole rings is 1. The maximum Gasteiger partial charge on any atom is 0.114 e. The number of aryl methyl sites for hydroxylation is 1. The van der Waals surface area contributed by atoms with Crippen molar-refractivity contribution in [2.75, 3.05) is 26.5 Å². The topological polar surface area (TPSA) is 34.1 Å². The molecule has 2 aromatic rings. The van der Waals surface area contributed by atoms with E-state index in [9.17, 15) is 0 Å². The van der Waals surface area contributed by atoms with E-state index in [-0.39, 0.29) is 6.04 Å². The van der Waals surface area contributed by atoms with E-state index >= 15 is 0 Å². The molecule has 1 atom stereocenters. The van der Waals surface area contributed by atoms with Gasteiger partial charge in [0, 0.05) is 29.6 Å². The molecule has 0 amide bonds. The average molecular weight is 308 g/mol. The van der Waals surface area contributed by atoms with Crippen LogP contribution in [0.2, 0.25) is 0 Å². The van der Waals surface area contributed by atoms with E-state index in [1.165, 1.54) is 10.5 Å². The van der Waals surface area contributed by atoms with Gasteiger partial charge in [-0.25, -0.2) is 4.98 Å². The second-order valence-corrected chi connectivity index (χ2v) is 6.25. The van der Waals surface area contributed by atoms with Crippen molar-refractivity contribution in [1.29, 1.82) is 0 Å². The summed E-state index contributed by atoms with van der Waals surface area (Å²) in [5.41, 5.74) is 2.32. The summed E-state index contributed by atoms with van der Waals surface area (Å²) in [4.78, 5) is 5.90. The molecular formula is C15H20N2OS2. The van der Waals surface area contributed by atoms with Gasteiger partial charge >= 0.3 is 0 Å². The van der Waals surface area contributed by atoms with Crippen molar-refractivity contribution in [2.24, 2.45) is 0 Å². The van der Waals surface area contributed by atoms with Gasteiger partial charge in [0.25, 0.3) is 0 Å². The predicted octanol–water partition coefficient (Wildman–Crippen LogP) is 3.50. The van der Waals surface area contributed by atoms with Crippen LogP contribution in [0.5, 0.6) is 0 Å². The van der Waals surface area contributed by atoms with Crippen molar-refractivity contribution in [1.82, 2.24) is 10.3 Å². The molecule has 0 aliphatic carbocycles. The van der Waals surface area contributed by atoms with Crippen LogP contribution in [0.25, 0.3) is 0 Å². The van der Waals surface area contributed by atoms with Crippen LogP contribution in [0.3, 0.4) is 0 Å². The lowest BCUT2D eigenvalue weighted by atomic mass is 10.1. The lowest BCUT2D eigenvalue weighted by molar-refractivity contribution is 0.197. The van der Waals surface area contributed by atoms with E-state index in [1.54, 1.807) is 30.2 Å². The SMILES string of the molecule is COCCNC(c1ccc(SC)cc1)c1nc(C)cs1. The van der Waals surface area contributed by atoms with Crippen molar-refractivity contribution in [3.8, 4) is 0 Å².